The lowest BCUT2D eigenvalue weighted by molar-refractivity contribution is 0.104. The van der Waals surface area contributed by atoms with Gasteiger partial charge in [0.1, 0.15) is 17.8 Å². The molecule has 8 heteroatoms. The number of aliphatic hydroxyl groups is 1. The number of allylic oxidation sites excluding steroid dienone is 1. The zero-order valence-electron chi connectivity index (χ0n) is 11.8. The third-order valence-corrected chi connectivity index (χ3v) is 3.08. The summed E-state index contributed by atoms with van der Waals surface area (Å²) in [5, 5.41) is 22.4. The first-order valence-electron chi connectivity index (χ1n) is 6.71. The first kappa shape index (κ1) is 14.6. The van der Waals surface area contributed by atoms with Crippen molar-refractivity contribution in [1.82, 2.24) is 25.4 Å². The van der Waals surface area contributed by atoms with Crippen molar-refractivity contribution >= 4 is 11.5 Å². The molecule has 0 aliphatic carbocycles. The molecule has 1 aromatic carbocycles. The van der Waals surface area contributed by atoms with Crippen LogP contribution in [0.5, 0.6) is 0 Å². The van der Waals surface area contributed by atoms with E-state index in [1.54, 1.807) is 18.2 Å². The zero-order valence-corrected chi connectivity index (χ0v) is 11.8. The Morgan fingerprint density at radius 2 is 2.17 bits per heavy atom. The maximum atomic E-state index is 13.1. The molecule has 116 valence electrons. The van der Waals surface area contributed by atoms with Crippen molar-refractivity contribution in [3.05, 3.63) is 71.3 Å². The molecule has 2 aromatic heterocycles. The summed E-state index contributed by atoms with van der Waals surface area (Å²) in [6.07, 6.45) is 2.68. The quantitative estimate of drug-likeness (QED) is 0.379. The van der Waals surface area contributed by atoms with Gasteiger partial charge in [-0.2, -0.15) is 10.2 Å². The molecule has 3 N–H and O–H groups in total. The van der Waals surface area contributed by atoms with E-state index in [0.29, 0.717) is 12.1 Å². The number of nitrogens with one attached hydrogen (secondary N) is 2. The Morgan fingerprint density at radius 1 is 1.30 bits per heavy atom. The minimum atomic E-state index is -0.467. The molecule has 0 saturated heterocycles. The van der Waals surface area contributed by atoms with Gasteiger partial charge in [0, 0.05) is 12.5 Å². The second kappa shape index (κ2) is 6.22. The van der Waals surface area contributed by atoms with E-state index in [4.69, 9.17) is 0 Å². The van der Waals surface area contributed by atoms with Crippen LogP contribution in [-0.2, 0) is 6.42 Å². The number of aliphatic hydroxyl groups excluding tert-OH is 1. The molecule has 0 fully saturated rings. The van der Waals surface area contributed by atoms with E-state index in [1.165, 1.54) is 18.5 Å². The summed E-state index contributed by atoms with van der Waals surface area (Å²) in [5.41, 5.74) is 1.54. The van der Waals surface area contributed by atoms with Crippen molar-refractivity contribution in [2.24, 2.45) is 0 Å². The van der Waals surface area contributed by atoms with Crippen molar-refractivity contribution in [1.29, 1.82) is 0 Å². The Morgan fingerprint density at radius 3 is 2.91 bits per heavy atom. The van der Waals surface area contributed by atoms with Crippen LogP contribution in [0.25, 0.3) is 5.76 Å². The van der Waals surface area contributed by atoms with Crippen LogP contribution in [-0.4, -0.2) is 36.3 Å². The standard InChI is InChI=1S/C15H12FN5O2/c16-10-3-1-2-9(4-10)5-11-6-12(20-19-11)13(22)7-14(23)15-17-8-18-21-15/h1-4,6-8,23H,5H2,(H,19,20)(H,17,18,21). The summed E-state index contributed by atoms with van der Waals surface area (Å²) >= 11 is 0. The lowest BCUT2D eigenvalue weighted by Gasteiger charge is -1.97. The number of hydrogen-bond donors (Lipinski definition) is 3. The predicted molar refractivity (Wildman–Crippen MR) is 79.1 cm³/mol. The minimum Gasteiger partial charge on any atom is -0.504 e. The van der Waals surface area contributed by atoms with Gasteiger partial charge in [0.25, 0.3) is 0 Å². The van der Waals surface area contributed by atoms with Gasteiger partial charge in [-0.1, -0.05) is 12.1 Å². The number of nitrogens with zero attached hydrogens (tertiary/aromatic N) is 3. The SMILES string of the molecule is O=C(C=C(O)c1nc[nH]n1)c1cc(Cc2cccc(F)c2)n[nH]1. The Labute approximate surface area is 129 Å². The molecule has 3 rings (SSSR count). The summed E-state index contributed by atoms with van der Waals surface area (Å²) in [7, 11) is 0. The molecule has 0 amide bonds. The van der Waals surface area contributed by atoms with Gasteiger partial charge in [0.2, 0.25) is 11.6 Å². The molecule has 0 spiro atoms. The van der Waals surface area contributed by atoms with Gasteiger partial charge in [-0.05, 0) is 23.8 Å². The van der Waals surface area contributed by atoms with Gasteiger partial charge in [-0.3, -0.25) is 15.0 Å². The average molecular weight is 313 g/mol. The van der Waals surface area contributed by atoms with E-state index in [9.17, 15) is 14.3 Å². The highest BCUT2D eigenvalue weighted by atomic mass is 19.1. The van der Waals surface area contributed by atoms with E-state index in [2.05, 4.69) is 25.4 Å². The molecule has 2 heterocycles. The largest absolute Gasteiger partial charge is 0.504 e. The second-order valence-electron chi connectivity index (χ2n) is 4.80. The molecule has 7 nitrogen and oxygen atoms in total. The van der Waals surface area contributed by atoms with Crippen LogP contribution in [0.4, 0.5) is 4.39 Å². The van der Waals surface area contributed by atoms with Crippen molar-refractivity contribution < 1.29 is 14.3 Å². The number of ketones is 1. The number of aromatic amines is 2. The van der Waals surface area contributed by atoms with Crippen molar-refractivity contribution in [3.63, 3.8) is 0 Å². The van der Waals surface area contributed by atoms with E-state index >= 15 is 0 Å². The lowest BCUT2D eigenvalue weighted by Crippen LogP contribution is -1.98. The van der Waals surface area contributed by atoms with Gasteiger partial charge in [-0.15, -0.1) is 0 Å². The molecule has 0 bridgehead atoms. The smallest absolute Gasteiger partial charge is 0.215 e. The van der Waals surface area contributed by atoms with Crippen LogP contribution in [0.1, 0.15) is 27.6 Å². The van der Waals surface area contributed by atoms with Crippen LogP contribution in [0.2, 0.25) is 0 Å². The molecular weight excluding hydrogens is 301 g/mol. The van der Waals surface area contributed by atoms with Crippen LogP contribution < -0.4 is 0 Å². The Bertz CT molecular complexity index is 854. The van der Waals surface area contributed by atoms with Gasteiger partial charge in [0.15, 0.2) is 5.76 Å². The van der Waals surface area contributed by atoms with Crippen LogP contribution in [0, 0.1) is 5.82 Å². The lowest BCUT2D eigenvalue weighted by atomic mass is 10.1. The minimum absolute atomic E-state index is 0.0258. The Hall–Kier alpha value is -3.29. The molecule has 23 heavy (non-hydrogen) atoms. The van der Waals surface area contributed by atoms with Gasteiger partial charge < -0.3 is 5.11 Å². The van der Waals surface area contributed by atoms with E-state index in [0.717, 1.165) is 11.6 Å². The molecule has 0 radical (unpaired) electrons. The predicted octanol–water partition coefficient (Wildman–Crippen LogP) is 2.04. The molecule has 0 atom stereocenters. The molecular formula is C15H12FN5O2. The van der Waals surface area contributed by atoms with E-state index in [1.807, 2.05) is 0 Å². The molecule has 3 aromatic rings. The number of aromatic nitrogens is 5. The van der Waals surface area contributed by atoms with Crippen molar-refractivity contribution in [2.75, 3.05) is 0 Å². The summed E-state index contributed by atoms with van der Waals surface area (Å²) in [4.78, 5) is 15.8. The maximum absolute atomic E-state index is 13.1. The van der Waals surface area contributed by atoms with Crippen LogP contribution in [0.3, 0.4) is 0 Å². The topological polar surface area (TPSA) is 108 Å². The average Bonchev–Trinajstić information content (AvgIpc) is 3.18. The molecule has 0 aliphatic rings. The number of hydrogen-bond acceptors (Lipinski definition) is 5. The van der Waals surface area contributed by atoms with Crippen LogP contribution in [0.15, 0.2) is 42.7 Å². The number of carbonyl (C=O) groups is 1. The van der Waals surface area contributed by atoms with Gasteiger partial charge in [0.05, 0.1) is 5.69 Å². The fourth-order valence-corrected chi connectivity index (χ4v) is 2.03. The molecule has 0 saturated carbocycles. The number of carbonyl (C=O) groups excluding carboxylic acids is 1. The maximum Gasteiger partial charge on any atom is 0.215 e. The molecule has 0 aliphatic heterocycles. The number of H-pyrrole nitrogens is 2. The summed E-state index contributed by atoms with van der Waals surface area (Å²) < 4.78 is 13.1. The first-order valence-corrected chi connectivity index (χ1v) is 6.71. The van der Waals surface area contributed by atoms with Crippen LogP contribution >= 0.6 is 0 Å². The van der Waals surface area contributed by atoms with E-state index in [-0.39, 0.29) is 23.1 Å². The van der Waals surface area contributed by atoms with Gasteiger partial charge >= 0.3 is 0 Å². The zero-order chi connectivity index (χ0) is 16.2. The summed E-state index contributed by atoms with van der Waals surface area (Å²) in [6, 6.07) is 7.70. The van der Waals surface area contributed by atoms with Gasteiger partial charge in [-0.25, -0.2) is 9.37 Å². The highest BCUT2D eigenvalue weighted by Crippen LogP contribution is 2.12. The highest BCUT2D eigenvalue weighted by molar-refractivity contribution is 6.06. The third-order valence-electron chi connectivity index (χ3n) is 3.08. The second-order valence-corrected chi connectivity index (χ2v) is 4.80. The normalized spacial score (nSPS) is 11.6. The molecule has 0 unspecified atom stereocenters. The highest BCUT2D eigenvalue weighted by Gasteiger charge is 2.12. The monoisotopic (exact) mass is 313 g/mol. The van der Waals surface area contributed by atoms with E-state index < -0.39 is 5.78 Å². The summed E-state index contributed by atoms with van der Waals surface area (Å²) in [6.45, 7) is 0. The van der Waals surface area contributed by atoms with Crippen molar-refractivity contribution in [3.8, 4) is 0 Å². The fourth-order valence-electron chi connectivity index (χ4n) is 2.03. The Kier molecular flexibility index (Phi) is 3.96. The third kappa shape index (κ3) is 3.49. The summed E-state index contributed by atoms with van der Waals surface area (Å²) in [5.74, 6) is -1.12. The van der Waals surface area contributed by atoms with Crippen molar-refractivity contribution in [2.45, 2.75) is 6.42 Å². The number of benzene rings is 1. The number of rotatable bonds is 5. The number of halogens is 1. The fraction of sp³-hybridized carbons (Fsp3) is 0.0667. The Balaban J connectivity index is 1.74. The first-order chi connectivity index (χ1) is 11.1.